The zero-order valence-corrected chi connectivity index (χ0v) is 19.8. The summed E-state index contributed by atoms with van der Waals surface area (Å²) in [7, 11) is 0. The predicted molar refractivity (Wildman–Crippen MR) is 127 cm³/mol. The van der Waals surface area contributed by atoms with Gasteiger partial charge in [-0.2, -0.15) is 0 Å². The molecule has 1 heterocycles. The third kappa shape index (κ3) is 3.41. The molecule has 0 amide bonds. The number of H-pyrrole nitrogens is 1. The van der Waals surface area contributed by atoms with Crippen LogP contribution in [0.3, 0.4) is 0 Å². The van der Waals surface area contributed by atoms with Gasteiger partial charge in [0.1, 0.15) is 0 Å². The van der Waals surface area contributed by atoms with E-state index < -0.39 is 0 Å². The Morgan fingerprint density at radius 3 is 1.97 bits per heavy atom. The summed E-state index contributed by atoms with van der Waals surface area (Å²) >= 11 is 0. The number of aromatic nitrogens is 1. The zero-order chi connectivity index (χ0) is 21.2. The molecular weight excluding hydrogens is 350 g/mol. The Morgan fingerprint density at radius 2 is 1.38 bits per heavy atom. The lowest BCUT2D eigenvalue weighted by Gasteiger charge is -2.33. The summed E-state index contributed by atoms with van der Waals surface area (Å²) in [4.78, 5) is 3.77. The standard InChI is InChI=1S/C28H39N/c1-26(2,3)19-13-14-21-22(15-19)23-16-20(27(4,5)6)17-29-25(23)24(21)28(7,8)18-11-9-10-12-18/h13-18,29H,9-12H2,1-8H3. The van der Waals surface area contributed by atoms with Crippen LogP contribution in [0.4, 0.5) is 0 Å². The first-order valence-electron chi connectivity index (χ1n) is 11.5. The molecular formula is C28H39N. The molecule has 1 aromatic rings. The normalized spacial score (nSPS) is 17.0. The van der Waals surface area contributed by atoms with E-state index in [-0.39, 0.29) is 16.2 Å². The monoisotopic (exact) mass is 389 g/mol. The highest BCUT2D eigenvalue weighted by Crippen LogP contribution is 2.51. The first-order chi connectivity index (χ1) is 13.4. The number of hydrogen-bond donors (Lipinski definition) is 1. The van der Waals surface area contributed by atoms with Crippen LogP contribution in [-0.2, 0) is 16.2 Å². The van der Waals surface area contributed by atoms with Crippen LogP contribution in [0.2, 0.25) is 0 Å². The van der Waals surface area contributed by atoms with E-state index in [0.29, 0.717) is 0 Å². The van der Waals surface area contributed by atoms with Gasteiger partial charge in [0.25, 0.3) is 0 Å². The number of pyridine rings is 1. The zero-order valence-electron chi connectivity index (χ0n) is 19.8. The third-order valence-corrected chi connectivity index (χ3v) is 7.52. The summed E-state index contributed by atoms with van der Waals surface area (Å²) < 4.78 is 0. The topological polar surface area (TPSA) is 15.8 Å². The van der Waals surface area contributed by atoms with Crippen molar-refractivity contribution >= 4 is 10.8 Å². The van der Waals surface area contributed by atoms with Gasteiger partial charge in [0.15, 0.2) is 0 Å². The van der Waals surface area contributed by atoms with Crippen LogP contribution >= 0.6 is 0 Å². The van der Waals surface area contributed by atoms with Crippen molar-refractivity contribution in [3.63, 3.8) is 0 Å². The second-order valence-electron chi connectivity index (χ2n) is 12.0. The second kappa shape index (κ2) is 6.62. The Labute approximate surface area is 177 Å². The molecule has 1 aromatic carbocycles. The number of hydrogen-bond acceptors (Lipinski definition) is 0. The molecule has 0 atom stereocenters. The van der Waals surface area contributed by atoms with E-state index in [2.05, 4.69) is 90.8 Å². The van der Waals surface area contributed by atoms with Gasteiger partial charge in [-0.25, -0.2) is 0 Å². The van der Waals surface area contributed by atoms with Gasteiger partial charge >= 0.3 is 0 Å². The highest BCUT2D eigenvalue weighted by Gasteiger charge is 2.38. The van der Waals surface area contributed by atoms with Gasteiger partial charge in [0.2, 0.25) is 0 Å². The summed E-state index contributed by atoms with van der Waals surface area (Å²) in [5.41, 5.74) is 7.57. The van der Waals surface area contributed by atoms with Crippen LogP contribution in [0, 0.1) is 5.92 Å². The largest absolute Gasteiger partial charge is 0.361 e. The molecule has 2 aliphatic carbocycles. The summed E-state index contributed by atoms with van der Waals surface area (Å²) in [6.45, 7) is 18.8. The highest BCUT2D eigenvalue weighted by atomic mass is 14.7. The van der Waals surface area contributed by atoms with E-state index >= 15 is 0 Å². The highest BCUT2D eigenvalue weighted by molar-refractivity contribution is 6.06. The maximum Gasteiger partial charge on any atom is 0.0504 e. The lowest BCUT2D eigenvalue weighted by Crippen LogP contribution is -2.27. The minimum Gasteiger partial charge on any atom is -0.361 e. The fourth-order valence-corrected chi connectivity index (χ4v) is 5.46. The lowest BCUT2D eigenvalue weighted by atomic mass is 9.71. The fourth-order valence-electron chi connectivity index (χ4n) is 5.46. The molecule has 0 saturated heterocycles. The molecule has 0 unspecified atom stereocenters. The Kier molecular flexibility index (Phi) is 4.68. The maximum atomic E-state index is 3.77. The molecule has 4 rings (SSSR count). The molecule has 0 spiro atoms. The molecule has 1 saturated carbocycles. The predicted octanol–water partition coefficient (Wildman–Crippen LogP) is 8.34. The minimum absolute atomic E-state index is 0.136. The van der Waals surface area contributed by atoms with E-state index in [4.69, 9.17) is 0 Å². The fraction of sp³-hybridized carbons (Fsp3) is 0.571. The Bertz CT molecular complexity index is 997. The first kappa shape index (κ1) is 20.5. The van der Waals surface area contributed by atoms with Crippen molar-refractivity contribution in [2.24, 2.45) is 5.92 Å². The van der Waals surface area contributed by atoms with Crippen molar-refractivity contribution < 1.29 is 0 Å². The van der Waals surface area contributed by atoms with Crippen LogP contribution in [-0.4, -0.2) is 4.98 Å². The SMILES string of the molecule is CC(C)(C)c1c[nH]c2c(C(C)(C)C3CCCC3)c3ccc(C(C)(C)C)cc3c-2c1. The van der Waals surface area contributed by atoms with Crippen LogP contribution in [0.1, 0.15) is 97.8 Å². The van der Waals surface area contributed by atoms with Crippen molar-refractivity contribution in [3.8, 4) is 11.3 Å². The van der Waals surface area contributed by atoms with Crippen LogP contribution in [0.25, 0.3) is 22.0 Å². The molecule has 1 N–H and O–H groups in total. The van der Waals surface area contributed by atoms with E-state index in [1.807, 2.05) is 0 Å². The summed E-state index contributed by atoms with van der Waals surface area (Å²) in [5, 5.41) is 2.88. The van der Waals surface area contributed by atoms with Crippen molar-refractivity contribution in [1.29, 1.82) is 0 Å². The minimum atomic E-state index is 0.136. The van der Waals surface area contributed by atoms with Gasteiger partial charge in [-0.1, -0.05) is 80.4 Å². The van der Waals surface area contributed by atoms with Crippen molar-refractivity contribution in [2.75, 3.05) is 0 Å². The van der Waals surface area contributed by atoms with Crippen LogP contribution < -0.4 is 0 Å². The average molecular weight is 390 g/mol. The number of aromatic amines is 1. The molecule has 3 aliphatic rings. The van der Waals surface area contributed by atoms with Gasteiger partial charge in [-0.15, -0.1) is 0 Å². The molecule has 0 bridgehead atoms. The molecule has 0 radical (unpaired) electrons. The number of benzene rings is 1. The number of nitrogens with one attached hydrogen (secondary N) is 1. The lowest BCUT2D eigenvalue weighted by molar-refractivity contribution is 0.328. The first-order valence-corrected chi connectivity index (χ1v) is 11.5. The van der Waals surface area contributed by atoms with Gasteiger partial charge in [-0.3, -0.25) is 0 Å². The third-order valence-electron chi connectivity index (χ3n) is 7.52. The Morgan fingerprint density at radius 1 is 0.759 bits per heavy atom. The summed E-state index contributed by atoms with van der Waals surface area (Å²) in [6.07, 6.45) is 7.75. The quantitative estimate of drug-likeness (QED) is 0.453. The summed E-state index contributed by atoms with van der Waals surface area (Å²) in [5.74, 6) is 0.772. The smallest absolute Gasteiger partial charge is 0.0504 e. The van der Waals surface area contributed by atoms with Gasteiger partial charge < -0.3 is 4.98 Å². The second-order valence-corrected chi connectivity index (χ2v) is 12.0. The molecule has 1 fully saturated rings. The van der Waals surface area contributed by atoms with Crippen LogP contribution in [0.5, 0.6) is 0 Å². The van der Waals surface area contributed by atoms with Gasteiger partial charge in [0.05, 0.1) is 5.69 Å². The van der Waals surface area contributed by atoms with E-state index in [9.17, 15) is 0 Å². The number of rotatable bonds is 2. The Balaban J connectivity index is 2.04. The summed E-state index contributed by atoms with van der Waals surface area (Å²) in [6, 6.07) is 9.69. The van der Waals surface area contributed by atoms with E-state index in [0.717, 1.165) is 5.92 Å². The van der Waals surface area contributed by atoms with Crippen molar-refractivity contribution in [1.82, 2.24) is 4.98 Å². The maximum absolute atomic E-state index is 3.77. The number of fused-ring (bicyclic) bond motifs is 3. The molecule has 1 heteroatoms. The van der Waals surface area contributed by atoms with E-state index in [1.54, 1.807) is 0 Å². The molecule has 29 heavy (non-hydrogen) atoms. The van der Waals surface area contributed by atoms with E-state index in [1.165, 1.54) is 64.4 Å². The Hall–Kier alpha value is -1.76. The molecule has 0 aromatic heterocycles. The van der Waals surface area contributed by atoms with Gasteiger partial charge in [0, 0.05) is 11.8 Å². The molecule has 1 aliphatic heterocycles. The van der Waals surface area contributed by atoms with Crippen molar-refractivity contribution in [2.45, 2.75) is 97.3 Å². The van der Waals surface area contributed by atoms with Crippen LogP contribution in [0.15, 0.2) is 30.5 Å². The van der Waals surface area contributed by atoms with Crippen molar-refractivity contribution in [3.05, 3.63) is 47.2 Å². The molecule has 156 valence electrons. The van der Waals surface area contributed by atoms with Gasteiger partial charge in [-0.05, 0) is 74.6 Å². The molecule has 1 nitrogen and oxygen atoms in total. The average Bonchev–Trinajstić information content (AvgIpc) is 3.26.